The first kappa shape index (κ1) is 21.8. The maximum Gasteiger partial charge on any atom is 0.316 e. The Hall–Kier alpha value is -2.48. The molecule has 0 saturated heterocycles. The van der Waals surface area contributed by atoms with Crippen LogP contribution in [0.5, 0.6) is 5.75 Å². The molecular formula is C20H26N2O5S. The summed E-state index contributed by atoms with van der Waals surface area (Å²) in [6.07, 6.45) is 0. The molecule has 2 rings (SSSR count). The number of aromatic nitrogens is 1. The number of ether oxygens (including phenoxy) is 2. The Kier molecular flexibility index (Phi) is 8.38. The van der Waals surface area contributed by atoms with Crippen molar-refractivity contribution >= 4 is 29.5 Å². The van der Waals surface area contributed by atoms with Gasteiger partial charge < -0.3 is 19.3 Å². The lowest BCUT2D eigenvalue weighted by atomic mass is 9.98. The summed E-state index contributed by atoms with van der Waals surface area (Å²) < 4.78 is 15.6. The summed E-state index contributed by atoms with van der Waals surface area (Å²) >= 11 is 1.17. The maximum absolute atomic E-state index is 11.7. The summed E-state index contributed by atoms with van der Waals surface area (Å²) in [6, 6.07) is 7.59. The fourth-order valence-electron chi connectivity index (χ4n) is 2.57. The summed E-state index contributed by atoms with van der Waals surface area (Å²) in [5, 5.41) is 6.26. The molecule has 0 radical (unpaired) electrons. The highest BCUT2D eigenvalue weighted by atomic mass is 32.2. The molecule has 1 heterocycles. The SMILES string of the molecule is Cc1cc(NC(=O)CSCC(=O)OCCOc2ccc(C(C)C)c(C)c2)no1. The minimum absolute atomic E-state index is 0.0907. The highest BCUT2D eigenvalue weighted by Crippen LogP contribution is 2.23. The Labute approximate surface area is 169 Å². The second kappa shape index (κ2) is 10.8. The minimum Gasteiger partial charge on any atom is -0.490 e. The van der Waals surface area contributed by atoms with E-state index in [0.717, 1.165) is 5.75 Å². The van der Waals surface area contributed by atoms with Crippen LogP contribution >= 0.6 is 11.8 Å². The molecule has 0 unspecified atom stereocenters. The van der Waals surface area contributed by atoms with E-state index >= 15 is 0 Å². The van der Waals surface area contributed by atoms with E-state index in [0.29, 0.717) is 17.5 Å². The Morgan fingerprint density at radius 2 is 1.96 bits per heavy atom. The molecule has 1 aromatic heterocycles. The molecule has 1 amide bonds. The lowest BCUT2D eigenvalue weighted by molar-refractivity contribution is -0.141. The van der Waals surface area contributed by atoms with Crippen molar-refractivity contribution in [2.24, 2.45) is 0 Å². The summed E-state index contributed by atoms with van der Waals surface area (Å²) in [4.78, 5) is 23.4. The molecule has 0 fully saturated rings. The number of carbonyl (C=O) groups is 2. The summed E-state index contributed by atoms with van der Waals surface area (Å²) in [7, 11) is 0. The van der Waals surface area contributed by atoms with Crippen LogP contribution < -0.4 is 10.1 Å². The molecule has 2 aromatic rings. The monoisotopic (exact) mass is 406 g/mol. The Bertz CT molecular complexity index is 804. The van der Waals surface area contributed by atoms with Gasteiger partial charge in [-0.3, -0.25) is 9.59 Å². The molecule has 152 valence electrons. The molecule has 1 aromatic carbocycles. The first-order chi connectivity index (χ1) is 13.3. The van der Waals surface area contributed by atoms with E-state index in [-0.39, 0.29) is 36.6 Å². The van der Waals surface area contributed by atoms with Gasteiger partial charge >= 0.3 is 5.97 Å². The molecule has 1 N–H and O–H groups in total. The van der Waals surface area contributed by atoms with Crippen LogP contribution in [0.2, 0.25) is 0 Å². The number of aryl methyl sites for hydroxylation is 2. The highest BCUT2D eigenvalue weighted by molar-refractivity contribution is 8.00. The average molecular weight is 407 g/mol. The van der Waals surface area contributed by atoms with Gasteiger partial charge in [-0.15, -0.1) is 11.8 Å². The first-order valence-corrected chi connectivity index (χ1v) is 10.2. The zero-order valence-electron chi connectivity index (χ0n) is 16.6. The fraction of sp³-hybridized carbons (Fsp3) is 0.450. The average Bonchev–Trinajstić information content (AvgIpc) is 3.03. The van der Waals surface area contributed by atoms with E-state index in [2.05, 4.69) is 37.3 Å². The standard InChI is InChI=1S/C20H26N2O5S/c1-13(2)17-6-5-16(9-14(17)3)25-7-8-26-20(24)12-28-11-19(23)21-18-10-15(4)27-22-18/h5-6,9-10,13H,7-8,11-12H2,1-4H3,(H,21,22,23). The zero-order chi connectivity index (χ0) is 20.5. The molecule has 8 heteroatoms. The van der Waals surface area contributed by atoms with Gasteiger partial charge in [0.25, 0.3) is 0 Å². The predicted molar refractivity (Wildman–Crippen MR) is 109 cm³/mol. The van der Waals surface area contributed by atoms with Crippen molar-refractivity contribution in [3.63, 3.8) is 0 Å². The number of carbonyl (C=O) groups excluding carboxylic acids is 2. The molecule has 7 nitrogen and oxygen atoms in total. The number of anilines is 1. The van der Waals surface area contributed by atoms with Crippen molar-refractivity contribution in [2.45, 2.75) is 33.6 Å². The first-order valence-electron chi connectivity index (χ1n) is 9.05. The molecule has 0 saturated carbocycles. The fourth-order valence-corrected chi connectivity index (χ4v) is 3.18. The topological polar surface area (TPSA) is 90.7 Å². The van der Waals surface area contributed by atoms with Gasteiger partial charge in [-0.25, -0.2) is 0 Å². The van der Waals surface area contributed by atoms with Crippen LogP contribution in [-0.4, -0.2) is 41.8 Å². The van der Waals surface area contributed by atoms with Crippen molar-refractivity contribution in [3.05, 3.63) is 41.2 Å². The van der Waals surface area contributed by atoms with Crippen LogP contribution in [0.15, 0.2) is 28.8 Å². The van der Waals surface area contributed by atoms with Crippen molar-refractivity contribution in [2.75, 3.05) is 30.0 Å². The number of benzene rings is 1. The van der Waals surface area contributed by atoms with E-state index < -0.39 is 0 Å². The molecule has 0 aliphatic rings. The quantitative estimate of drug-likeness (QED) is 0.475. The van der Waals surface area contributed by atoms with E-state index in [4.69, 9.17) is 14.0 Å². The van der Waals surface area contributed by atoms with Crippen LogP contribution in [0.3, 0.4) is 0 Å². The van der Waals surface area contributed by atoms with E-state index in [1.54, 1.807) is 13.0 Å². The third-order valence-corrected chi connectivity index (χ3v) is 4.73. The number of esters is 1. The van der Waals surface area contributed by atoms with Gasteiger partial charge in [0.15, 0.2) is 5.82 Å². The van der Waals surface area contributed by atoms with Gasteiger partial charge in [-0.05, 0) is 43.0 Å². The number of nitrogens with one attached hydrogen (secondary N) is 1. The van der Waals surface area contributed by atoms with Crippen LogP contribution in [0.1, 0.15) is 36.7 Å². The minimum atomic E-state index is -0.384. The second-order valence-electron chi connectivity index (χ2n) is 6.61. The zero-order valence-corrected chi connectivity index (χ0v) is 17.4. The van der Waals surface area contributed by atoms with Gasteiger partial charge in [0.1, 0.15) is 24.7 Å². The van der Waals surface area contributed by atoms with Crippen molar-refractivity contribution < 1.29 is 23.6 Å². The molecule has 0 aliphatic heterocycles. The Balaban J connectivity index is 1.58. The summed E-state index contributed by atoms with van der Waals surface area (Å²) in [5.41, 5.74) is 2.47. The Morgan fingerprint density at radius 1 is 1.18 bits per heavy atom. The smallest absolute Gasteiger partial charge is 0.316 e. The third kappa shape index (κ3) is 7.26. The van der Waals surface area contributed by atoms with Gasteiger partial charge in [0, 0.05) is 6.07 Å². The Morgan fingerprint density at radius 3 is 2.61 bits per heavy atom. The number of nitrogens with zero attached hydrogens (tertiary/aromatic N) is 1. The lowest BCUT2D eigenvalue weighted by Crippen LogP contribution is -2.17. The molecule has 0 bridgehead atoms. The van der Waals surface area contributed by atoms with Crippen molar-refractivity contribution in [1.29, 1.82) is 0 Å². The number of amides is 1. The van der Waals surface area contributed by atoms with E-state index in [1.807, 2.05) is 12.1 Å². The van der Waals surface area contributed by atoms with E-state index in [1.165, 1.54) is 22.9 Å². The lowest BCUT2D eigenvalue weighted by Gasteiger charge is -2.12. The van der Waals surface area contributed by atoms with Crippen LogP contribution in [0.4, 0.5) is 5.82 Å². The molecule has 0 spiro atoms. The maximum atomic E-state index is 11.7. The van der Waals surface area contributed by atoms with E-state index in [9.17, 15) is 9.59 Å². The van der Waals surface area contributed by atoms with Gasteiger partial charge in [-0.2, -0.15) is 0 Å². The van der Waals surface area contributed by atoms with Crippen LogP contribution in [-0.2, 0) is 14.3 Å². The molecule has 28 heavy (non-hydrogen) atoms. The highest BCUT2D eigenvalue weighted by Gasteiger charge is 2.09. The van der Waals surface area contributed by atoms with Gasteiger partial charge in [-0.1, -0.05) is 25.1 Å². The largest absolute Gasteiger partial charge is 0.490 e. The molecular weight excluding hydrogens is 380 g/mol. The molecule has 0 aliphatic carbocycles. The van der Waals surface area contributed by atoms with Crippen LogP contribution in [0, 0.1) is 13.8 Å². The third-order valence-electron chi connectivity index (χ3n) is 3.83. The number of rotatable bonds is 10. The molecule has 0 atom stereocenters. The second-order valence-corrected chi connectivity index (χ2v) is 7.59. The normalized spacial score (nSPS) is 10.8. The summed E-state index contributed by atoms with van der Waals surface area (Å²) in [6.45, 7) is 8.54. The predicted octanol–water partition coefficient (Wildman–Crippen LogP) is 3.71. The van der Waals surface area contributed by atoms with Gasteiger partial charge in [0.05, 0.1) is 11.5 Å². The van der Waals surface area contributed by atoms with Gasteiger partial charge in [0.2, 0.25) is 5.91 Å². The van der Waals surface area contributed by atoms with Crippen LogP contribution in [0.25, 0.3) is 0 Å². The summed E-state index contributed by atoms with van der Waals surface area (Å²) in [5.74, 6) is 1.77. The number of hydrogen-bond acceptors (Lipinski definition) is 7. The number of thioether (sulfide) groups is 1. The van der Waals surface area contributed by atoms with Crippen molar-refractivity contribution in [1.82, 2.24) is 5.16 Å². The van der Waals surface area contributed by atoms with Crippen molar-refractivity contribution in [3.8, 4) is 5.75 Å². The number of hydrogen-bond donors (Lipinski definition) is 1.